The Morgan fingerprint density at radius 3 is 2.64 bits per heavy atom. The first-order valence-electron chi connectivity index (χ1n) is 6.19. The number of rotatable bonds is 6. The Balaban J connectivity index is 1.50. The van der Waals surface area contributed by atoms with Crippen LogP contribution in [0.2, 0.25) is 0 Å². The minimum absolute atomic E-state index is 0.204. The van der Waals surface area contributed by atoms with Gasteiger partial charge in [-0.25, -0.2) is 0 Å². The summed E-state index contributed by atoms with van der Waals surface area (Å²) in [6.07, 6.45) is 7.92. The fourth-order valence-corrected chi connectivity index (χ4v) is 2.38. The third-order valence-corrected chi connectivity index (χ3v) is 4.04. The van der Waals surface area contributed by atoms with Gasteiger partial charge < -0.3 is 11.1 Å². The number of nitrogens with two attached hydrogens (primary N) is 1. The van der Waals surface area contributed by atoms with E-state index in [1.54, 1.807) is 0 Å². The largest absolute Gasteiger partial charge is 0.325 e. The van der Waals surface area contributed by atoms with Crippen molar-refractivity contribution in [3.63, 3.8) is 0 Å². The number of hydrogen-bond donors (Lipinski definition) is 2. The van der Waals surface area contributed by atoms with Gasteiger partial charge in [0, 0.05) is 5.54 Å². The Morgan fingerprint density at radius 2 is 2.14 bits per heavy atom. The van der Waals surface area contributed by atoms with Gasteiger partial charge in [-0.05, 0) is 63.5 Å². The molecule has 0 saturated heterocycles. The van der Waals surface area contributed by atoms with Gasteiger partial charge in [-0.2, -0.15) is 0 Å². The van der Waals surface area contributed by atoms with Crippen molar-refractivity contribution in [1.29, 1.82) is 0 Å². The van der Waals surface area contributed by atoms with Gasteiger partial charge in [0.25, 0.3) is 0 Å². The van der Waals surface area contributed by atoms with Crippen LogP contribution < -0.4 is 11.1 Å². The highest BCUT2D eigenvalue weighted by atomic mass is 14.9. The van der Waals surface area contributed by atoms with E-state index in [-0.39, 0.29) is 5.54 Å². The van der Waals surface area contributed by atoms with Gasteiger partial charge in [-0.3, -0.25) is 0 Å². The summed E-state index contributed by atoms with van der Waals surface area (Å²) in [6, 6.07) is 0. The van der Waals surface area contributed by atoms with Gasteiger partial charge in [0.2, 0.25) is 0 Å². The first-order valence-corrected chi connectivity index (χ1v) is 6.19. The van der Waals surface area contributed by atoms with E-state index in [0.29, 0.717) is 0 Å². The molecule has 0 aromatic heterocycles. The van der Waals surface area contributed by atoms with Gasteiger partial charge in [0.1, 0.15) is 0 Å². The Labute approximate surface area is 87.6 Å². The molecule has 14 heavy (non-hydrogen) atoms. The third kappa shape index (κ3) is 2.71. The Morgan fingerprint density at radius 1 is 1.43 bits per heavy atom. The van der Waals surface area contributed by atoms with Crippen LogP contribution in [0.3, 0.4) is 0 Å². The van der Waals surface area contributed by atoms with E-state index in [1.807, 2.05) is 0 Å². The zero-order chi connectivity index (χ0) is 10.0. The fraction of sp³-hybridized carbons (Fsp3) is 1.00. The molecule has 2 aliphatic rings. The SMILES string of the molecule is CC(CNCCC1(N)CCC1)C1CC1. The maximum absolute atomic E-state index is 6.15. The lowest BCUT2D eigenvalue weighted by Crippen LogP contribution is -2.48. The van der Waals surface area contributed by atoms with Gasteiger partial charge in [-0.1, -0.05) is 6.92 Å². The van der Waals surface area contributed by atoms with Crippen LogP contribution in [0, 0.1) is 11.8 Å². The van der Waals surface area contributed by atoms with Crippen LogP contribution in [0.15, 0.2) is 0 Å². The summed E-state index contributed by atoms with van der Waals surface area (Å²) < 4.78 is 0. The Bertz CT molecular complexity index is 183. The summed E-state index contributed by atoms with van der Waals surface area (Å²) >= 11 is 0. The lowest BCUT2D eigenvalue weighted by atomic mass is 9.75. The molecule has 2 fully saturated rings. The second-order valence-corrected chi connectivity index (χ2v) is 5.48. The molecule has 2 nitrogen and oxygen atoms in total. The molecule has 1 unspecified atom stereocenters. The molecule has 0 aromatic carbocycles. The van der Waals surface area contributed by atoms with E-state index in [1.165, 1.54) is 45.1 Å². The first kappa shape index (κ1) is 10.4. The average Bonchev–Trinajstić information content (AvgIpc) is 2.92. The predicted molar refractivity (Wildman–Crippen MR) is 60.1 cm³/mol. The maximum atomic E-state index is 6.15. The molecule has 0 radical (unpaired) electrons. The molecule has 2 rings (SSSR count). The van der Waals surface area contributed by atoms with Crippen molar-refractivity contribution >= 4 is 0 Å². The Kier molecular flexibility index (Phi) is 3.13. The van der Waals surface area contributed by atoms with Crippen molar-refractivity contribution in [2.24, 2.45) is 17.6 Å². The third-order valence-electron chi connectivity index (χ3n) is 4.04. The van der Waals surface area contributed by atoms with Gasteiger partial charge >= 0.3 is 0 Å². The van der Waals surface area contributed by atoms with Crippen molar-refractivity contribution in [2.75, 3.05) is 13.1 Å². The summed E-state index contributed by atoms with van der Waals surface area (Å²) in [7, 11) is 0. The molecule has 2 heteroatoms. The lowest BCUT2D eigenvalue weighted by molar-refractivity contribution is 0.228. The molecule has 0 heterocycles. The highest BCUT2D eigenvalue weighted by Crippen LogP contribution is 2.36. The number of nitrogens with one attached hydrogen (secondary N) is 1. The van der Waals surface area contributed by atoms with Crippen LogP contribution in [0.1, 0.15) is 45.4 Å². The van der Waals surface area contributed by atoms with E-state index in [4.69, 9.17) is 5.73 Å². The summed E-state index contributed by atoms with van der Waals surface area (Å²) in [4.78, 5) is 0. The van der Waals surface area contributed by atoms with Crippen molar-refractivity contribution in [3.05, 3.63) is 0 Å². The minimum atomic E-state index is 0.204. The molecule has 0 aliphatic heterocycles. The topological polar surface area (TPSA) is 38.0 Å². The summed E-state index contributed by atoms with van der Waals surface area (Å²) in [5.41, 5.74) is 6.36. The fourth-order valence-electron chi connectivity index (χ4n) is 2.38. The lowest BCUT2D eigenvalue weighted by Gasteiger charge is -2.38. The van der Waals surface area contributed by atoms with Gasteiger partial charge in [0.05, 0.1) is 0 Å². The second-order valence-electron chi connectivity index (χ2n) is 5.48. The summed E-state index contributed by atoms with van der Waals surface area (Å²) in [5.74, 6) is 1.91. The van der Waals surface area contributed by atoms with E-state index in [0.717, 1.165) is 18.4 Å². The van der Waals surface area contributed by atoms with E-state index >= 15 is 0 Å². The highest BCUT2D eigenvalue weighted by molar-refractivity contribution is 4.92. The van der Waals surface area contributed by atoms with Crippen molar-refractivity contribution < 1.29 is 0 Å². The molecule has 2 saturated carbocycles. The van der Waals surface area contributed by atoms with Crippen LogP contribution in [0.25, 0.3) is 0 Å². The van der Waals surface area contributed by atoms with Gasteiger partial charge in [-0.15, -0.1) is 0 Å². The predicted octanol–water partition coefficient (Wildman–Crippen LogP) is 1.89. The van der Waals surface area contributed by atoms with Crippen molar-refractivity contribution in [2.45, 2.75) is 51.0 Å². The molecule has 0 amide bonds. The highest BCUT2D eigenvalue weighted by Gasteiger charge is 2.32. The monoisotopic (exact) mass is 196 g/mol. The molecule has 2 aliphatic carbocycles. The molecular weight excluding hydrogens is 172 g/mol. The standard InChI is InChI=1S/C12H24N2/c1-10(11-3-4-11)9-14-8-7-12(13)5-2-6-12/h10-11,14H,2-9,13H2,1H3. The second kappa shape index (κ2) is 4.19. The van der Waals surface area contributed by atoms with Crippen LogP contribution in [0.5, 0.6) is 0 Å². The summed E-state index contributed by atoms with van der Waals surface area (Å²) in [6.45, 7) is 4.68. The van der Waals surface area contributed by atoms with Crippen LogP contribution >= 0.6 is 0 Å². The van der Waals surface area contributed by atoms with E-state index in [9.17, 15) is 0 Å². The molecule has 0 bridgehead atoms. The minimum Gasteiger partial charge on any atom is -0.325 e. The quantitative estimate of drug-likeness (QED) is 0.637. The van der Waals surface area contributed by atoms with E-state index < -0.39 is 0 Å². The maximum Gasteiger partial charge on any atom is 0.0166 e. The van der Waals surface area contributed by atoms with Gasteiger partial charge in [0.15, 0.2) is 0 Å². The van der Waals surface area contributed by atoms with Crippen molar-refractivity contribution in [1.82, 2.24) is 5.32 Å². The molecule has 1 atom stereocenters. The number of hydrogen-bond acceptors (Lipinski definition) is 2. The smallest absolute Gasteiger partial charge is 0.0166 e. The van der Waals surface area contributed by atoms with Crippen molar-refractivity contribution in [3.8, 4) is 0 Å². The molecule has 0 aromatic rings. The average molecular weight is 196 g/mol. The summed E-state index contributed by atoms with van der Waals surface area (Å²) in [5, 5.41) is 3.55. The molecule has 0 spiro atoms. The zero-order valence-corrected chi connectivity index (χ0v) is 9.39. The van der Waals surface area contributed by atoms with Crippen LogP contribution in [0.4, 0.5) is 0 Å². The van der Waals surface area contributed by atoms with E-state index in [2.05, 4.69) is 12.2 Å². The molecular formula is C12H24N2. The first-order chi connectivity index (χ1) is 6.70. The van der Waals surface area contributed by atoms with Crippen LogP contribution in [-0.4, -0.2) is 18.6 Å². The Hall–Kier alpha value is -0.0800. The normalized spacial score (nSPS) is 27.0. The van der Waals surface area contributed by atoms with Crippen LogP contribution in [-0.2, 0) is 0 Å². The molecule has 82 valence electrons. The zero-order valence-electron chi connectivity index (χ0n) is 9.39. The molecule has 3 N–H and O–H groups in total.